The van der Waals surface area contributed by atoms with E-state index in [1.54, 1.807) is 0 Å². The van der Waals surface area contributed by atoms with Gasteiger partial charge in [-0.15, -0.1) is 0 Å². The van der Waals surface area contributed by atoms with Crippen molar-refractivity contribution >= 4 is 43.5 Å². The molecule has 0 bridgehead atoms. The summed E-state index contributed by atoms with van der Waals surface area (Å²) in [5.41, 5.74) is 5.88. The molecule has 0 spiro atoms. The molecule has 0 aliphatic heterocycles. The van der Waals surface area contributed by atoms with Gasteiger partial charge in [-0.05, 0) is 41.6 Å². The summed E-state index contributed by atoms with van der Waals surface area (Å²) in [5, 5.41) is 5.76. The summed E-state index contributed by atoms with van der Waals surface area (Å²) in [6, 6.07) is 21.1. The van der Waals surface area contributed by atoms with Gasteiger partial charge in [-0.3, -0.25) is 4.98 Å². The lowest BCUT2D eigenvalue weighted by molar-refractivity contribution is 1.10. The highest BCUT2D eigenvalue weighted by atomic mass is 14.9. The molecule has 2 heterocycles. The lowest BCUT2D eigenvalue weighted by atomic mass is 9.91. The Balaban J connectivity index is 1.86. The van der Waals surface area contributed by atoms with Gasteiger partial charge < -0.3 is 0 Å². The monoisotopic (exact) mass is 386 g/mol. The molecule has 6 rings (SSSR count). The van der Waals surface area contributed by atoms with Crippen LogP contribution >= 0.6 is 0 Å². The van der Waals surface area contributed by atoms with Crippen molar-refractivity contribution in [3.8, 4) is 11.1 Å². The lowest BCUT2D eigenvalue weighted by Gasteiger charge is -2.14. The normalized spacial score (nSPS) is 11.7. The number of hydrogen-bond acceptors (Lipinski definition) is 4. The van der Waals surface area contributed by atoms with Crippen molar-refractivity contribution in [2.24, 2.45) is 0 Å². The molecule has 142 valence electrons. The van der Waals surface area contributed by atoms with Gasteiger partial charge >= 0.3 is 0 Å². The molecule has 0 saturated carbocycles. The average molecular weight is 386 g/mol. The van der Waals surface area contributed by atoms with Crippen LogP contribution in [0.1, 0.15) is 11.5 Å². The number of para-hydroxylation sites is 1. The van der Waals surface area contributed by atoms with Crippen molar-refractivity contribution in [1.82, 2.24) is 19.9 Å². The van der Waals surface area contributed by atoms with E-state index in [0.29, 0.717) is 0 Å². The first-order chi connectivity index (χ1) is 14.7. The van der Waals surface area contributed by atoms with Crippen molar-refractivity contribution in [2.75, 3.05) is 0 Å². The zero-order valence-electron chi connectivity index (χ0n) is 16.7. The van der Waals surface area contributed by atoms with E-state index in [-0.39, 0.29) is 0 Å². The Bertz CT molecular complexity index is 1620. The van der Waals surface area contributed by atoms with E-state index < -0.39 is 0 Å². The third kappa shape index (κ3) is 2.40. The van der Waals surface area contributed by atoms with Gasteiger partial charge in [0.2, 0.25) is 0 Å². The predicted octanol–water partition coefficient (Wildman–Crippen LogP) is 6.16. The van der Waals surface area contributed by atoms with Crippen molar-refractivity contribution in [3.05, 3.63) is 84.6 Å². The van der Waals surface area contributed by atoms with Crippen LogP contribution in [0.25, 0.3) is 54.6 Å². The summed E-state index contributed by atoms with van der Waals surface area (Å²) in [7, 11) is 0. The highest BCUT2D eigenvalue weighted by molar-refractivity contribution is 6.27. The molecule has 0 unspecified atom stereocenters. The quantitative estimate of drug-likeness (QED) is 0.317. The second kappa shape index (κ2) is 6.29. The topological polar surface area (TPSA) is 51.6 Å². The Labute approximate surface area is 173 Å². The molecule has 0 N–H and O–H groups in total. The molecule has 0 fully saturated rings. The Morgan fingerprint density at radius 2 is 1.30 bits per heavy atom. The maximum atomic E-state index is 4.89. The second-order valence-electron chi connectivity index (χ2n) is 7.64. The van der Waals surface area contributed by atoms with Crippen LogP contribution in [-0.4, -0.2) is 19.9 Å². The number of benzene rings is 4. The van der Waals surface area contributed by atoms with E-state index in [1.807, 2.05) is 38.4 Å². The Kier molecular flexibility index (Phi) is 3.56. The lowest BCUT2D eigenvalue weighted by Crippen LogP contribution is -1.94. The molecule has 0 atom stereocenters. The number of fused-ring (bicyclic) bond motifs is 7. The summed E-state index contributed by atoms with van der Waals surface area (Å²) >= 11 is 0. The van der Waals surface area contributed by atoms with E-state index >= 15 is 0 Å². The van der Waals surface area contributed by atoms with Crippen LogP contribution in [0.3, 0.4) is 0 Å². The van der Waals surface area contributed by atoms with Crippen molar-refractivity contribution in [2.45, 2.75) is 13.8 Å². The Hall–Kier alpha value is -3.92. The van der Waals surface area contributed by atoms with Gasteiger partial charge in [-0.2, -0.15) is 0 Å². The molecule has 30 heavy (non-hydrogen) atoms. The number of hydrogen-bond donors (Lipinski definition) is 0. The first-order valence-corrected chi connectivity index (χ1v) is 10.0. The summed E-state index contributed by atoms with van der Waals surface area (Å²) < 4.78 is 0. The summed E-state index contributed by atoms with van der Waals surface area (Å²) in [5.74, 6) is 0.766. The van der Waals surface area contributed by atoms with E-state index in [0.717, 1.165) is 50.0 Å². The van der Waals surface area contributed by atoms with Crippen LogP contribution in [0.4, 0.5) is 0 Å². The van der Waals surface area contributed by atoms with Gasteiger partial charge in [0.25, 0.3) is 0 Å². The number of aryl methyl sites for hydroxylation is 2. The molecule has 4 nitrogen and oxygen atoms in total. The van der Waals surface area contributed by atoms with E-state index in [1.165, 1.54) is 16.2 Å². The first-order valence-electron chi connectivity index (χ1n) is 10.0. The van der Waals surface area contributed by atoms with Crippen molar-refractivity contribution in [3.63, 3.8) is 0 Å². The third-order valence-electron chi connectivity index (χ3n) is 5.70. The van der Waals surface area contributed by atoms with Crippen LogP contribution < -0.4 is 0 Å². The van der Waals surface area contributed by atoms with E-state index in [9.17, 15) is 0 Å². The summed E-state index contributed by atoms with van der Waals surface area (Å²) in [4.78, 5) is 18.8. The minimum Gasteiger partial charge on any atom is -0.252 e. The molecule has 0 radical (unpaired) electrons. The second-order valence-corrected chi connectivity index (χ2v) is 7.64. The Morgan fingerprint density at radius 1 is 0.567 bits per heavy atom. The highest BCUT2D eigenvalue weighted by Crippen LogP contribution is 2.40. The van der Waals surface area contributed by atoms with Gasteiger partial charge in [-0.25, -0.2) is 15.0 Å². The predicted molar refractivity (Wildman–Crippen MR) is 123 cm³/mol. The zero-order valence-corrected chi connectivity index (χ0v) is 16.7. The van der Waals surface area contributed by atoms with Crippen molar-refractivity contribution < 1.29 is 0 Å². The number of aromatic nitrogens is 4. The molecule has 0 saturated heterocycles. The minimum atomic E-state index is 0.766. The molecule has 6 aromatic rings. The fourth-order valence-corrected chi connectivity index (χ4v) is 4.42. The standard InChI is InChI=1S/C26H18N4/c1-15-13-28-25-21(11-6-12-23(25)29-15)20-10-5-9-19-17-7-3-4-8-18(17)22-14-27-16(2)30-26(22)24(19)20/h3-14H,1-2H3. The van der Waals surface area contributed by atoms with Crippen LogP contribution in [0.5, 0.6) is 0 Å². The zero-order chi connectivity index (χ0) is 20.2. The molecule has 0 aliphatic carbocycles. The van der Waals surface area contributed by atoms with Gasteiger partial charge in [0.1, 0.15) is 5.82 Å². The average Bonchev–Trinajstić information content (AvgIpc) is 2.78. The molecule has 2 aromatic heterocycles. The van der Waals surface area contributed by atoms with Gasteiger partial charge in [0.05, 0.1) is 22.2 Å². The third-order valence-corrected chi connectivity index (χ3v) is 5.70. The molecular weight excluding hydrogens is 368 g/mol. The van der Waals surface area contributed by atoms with E-state index in [2.05, 4.69) is 58.5 Å². The van der Waals surface area contributed by atoms with Crippen LogP contribution in [-0.2, 0) is 0 Å². The maximum Gasteiger partial charge on any atom is 0.125 e. The van der Waals surface area contributed by atoms with Crippen LogP contribution in [0.15, 0.2) is 73.1 Å². The Morgan fingerprint density at radius 3 is 2.17 bits per heavy atom. The maximum absolute atomic E-state index is 4.89. The van der Waals surface area contributed by atoms with Crippen molar-refractivity contribution in [1.29, 1.82) is 0 Å². The number of rotatable bonds is 1. The minimum absolute atomic E-state index is 0.766. The molecule has 4 aromatic carbocycles. The largest absolute Gasteiger partial charge is 0.252 e. The summed E-state index contributed by atoms with van der Waals surface area (Å²) in [6.45, 7) is 3.91. The number of nitrogens with zero attached hydrogens (tertiary/aromatic N) is 4. The fourth-order valence-electron chi connectivity index (χ4n) is 4.42. The van der Waals surface area contributed by atoms with Crippen LogP contribution in [0, 0.1) is 13.8 Å². The molecule has 0 aliphatic rings. The van der Waals surface area contributed by atoms with E-state index in [4.69, 9.17) is 9.97 Å². The molecular formula is C26H18N4. The fraction of sp³-hybridized carbons (Fsp3) is 0.0769. The molecule has 0 amide bonds. The summed E-state index contributed by atoms with van der Waals surface area (Å²) in [6.07, 6.45) is 3.78. The SMILES string of the molecule is Cc1cnc2c(-c3cccc4c5ccccc5c5cnc(C)nc5c34)cccc2n1. The van der Waals surface area contributed by atoms with Crippen LogP contribution in [0.2, 0.25) is 0 Å². The van der Waals surface area contributed by atoms with Gasteiger partial charge in [-0.1, -0.05) is 54.6 Å². The van der Waals surface area contributed by atoms with Gasteiger partial charge in [0.15, 0.2) is 0 Å². The first kappa shape index (κ1) is 17.0. The smallest absolute Gasteiger partial charge is 0.125 e. The molecule has 4 heteroatoms. The highest BCUT2D eigenvalue weighted by Gasteiger charge is 2.16. The van der Waals surface area contributed by atoms with Gasteiger partial charge in [0, 0.05) is 28.7 Å².